The van der Waals surface area contributed by atoms with E-state index in [1.54, 1.807) is 11.0 Å². The van der Waals surface area contributed by atoms with Gasteiger partial charge in [-0.1, -0.05) is 18.2 Å². The van der Waals surface area contributed by atoms with Gasteiger partial charge in [-0.25, -0.2) is 9.37 Å². The number of nitrogens with zero attached hydrogens (tertiary/aromatic N) is 2. The number of amides is 1. The Labute approximate surface area is 118 Å². The maximum absolute atomic E-state index is 13.7. The van der Waals surface area contributed by atoms with Crippen molar-refractivity contribution in [1.29, 1.82) is 0 Å². The quantitative estimate of drug-likeness (QED) is 0.839. The van der Waals surface area contributed by atoms with Gasteiger partial charge in [0.05, 0.1) is 0 Å². The smallest absolute Gasteiger partial charge is 0.222 e. The Balaban J connectivity index is 2.11. The summed E-state index contributed by atoms with van der Waals surface area (Å²) in [5, 5.41) is 0.781. The molecule has 2 rings (SSSR count). The van der Waals surface area contributed by atoms with Crippen molar-refractivity contribution in [3.63, 3.8) is 0 Å². The fourth-order valence-corrected chi connectivity index (χ4v) is 2.26. The van der Waals surface area contributed by atoms with Crippen LogP contribution in [0.25, 0.3) is 10.9 Å². The van der Waals surface area contributed by atoms with Gasteiger partial charge in [-0.05, 0) is 32.4 Å². The van der Waals surface area contributed by atoms with Crippen LogP contribution in [-0.2, 0) is 11.2 Å². The Morgan fingerprint density at radius 1 is 1.20 bits per heavy atom. The number of pyridine rings is 1. The number of carbonyl (C=O) groups excluding carboxylic acids is 1. The third-order valence-corrected chi connectivity index (χ3v) is 3.44. The average Bonchev–Trinajstić information content (AvgIpc) is 2.47. The fourth-order valence-electron chi connectivity index (χ4n) is 2.26. The topological polar surface area (TPSA) is 33.2 Å². The molecule has 1 heterocycles. The molecule has 0 spiro atoms. The van der Waals surface area contributed by atoms with E-state index < -0.39 is 0 Å². The number of carbonyl (C=O) groups is 1. The van der Waals surface area contributed by atoms with Crippen LogP contribution in [0.2, 0.25) is 0 Å². The number of aromatic nitrogens is 1. The zero-order valence-electron chi connectivity index (χ0n) is 11.9. The summed E-state index contributed by atoms with van der Waals surface area (Å²) in [5.74, 6) is -0.204. The Hall–Kier alpha value is -1.97. The number of aryl methyl sites for hydroxylation is 1. The Morgan fingerprint density at radius 3 is 2.65 bits per heavy atom. The van der Waals surface area contributed by atoms with E-state index in [0.717, 1.165) is 24.2 Å². The first kappa shape index (κ1) is 14.4. The molecule has 0 radical (unpaired) electrons. The largest absolute Gasteiger partial charge is 0.343 e. The predicted molar refractivity (Wildman–Crippen MR) is 78.0 cm³/mol. The summed E-state index contributed by atoms with van der Waals surface area (Å²) < 4.78 is 13.7. The highest BCUT2D eigenvalue weighted by atomic mass is 19.1. The van der Waals surface area contributed by atoms with Crippen LogP contribution in [0.15, 0.2) is 30.3 Å². The summed E-state index contributed by atoms with van der Waals surface area (Å²) in [5.41, 5.74) is 1.13. The maximum atomic E-state index is 13.7. The van der Waals surface area contributed by atoms with Gasteiger partial charge < -0.3 is 4.90 Å². The van der Waals surface area contributed by atoms with E-state index >= 15 is 0 Å². The van der Waals surface area contributed by atoms with Crippen LogP contribution in [0.4, 0.5) is 4.39 Å². The molecule has 3 nitrogen and oxygen atoms in total. The third kappa shape index (κ3) is 3.13. The summed E-state index contributed by atoms with van der Waals surface area (Å²) in [4.78, 5) is 18.0. The van der Waals surface area contributed by atoms with Gasteiger partial charge in [0.1, 0.15) is 11.3 Å². The van der Waals surface area contributed by atoms with E-state index in [1.807, 2.05) is 32.0 Å². The fraction of sp³-hybridized carbons (Fsp3) is 0.375. The minimum absolute atomic E-state index is 0.116. The van der Waals surface area contributed by atoms with Gasteiger partial charge in [-0.2, -0.15) is 0 Å². The minimum Gasteiger partial charge on any atom is -0.343 e. The lowest BCUT2D eigenvalue weighted by molar-refractivity contribution is -0.130. The van der Waals surface area contributed by atoms with Crippen molar-refractivity contribution in [2.45, 2.75) is 26.7 Å². The highest BCUT2D eigenvalue weighted by Gasteiger charge is 2.10. The van der Waals surface area contributed by atoms with Crippen molar-refractivity contribution < 1.29 is 9.18 Å². The Morgan fingerprint density at radius 2 is 1.95 bits per heavy atom. The number of rotatable bonds is 5. The molecule has 0 aliphatic rings. The molecule has 0 fully saturated rings. The average molecular weight is 274 g/mol. The molecule has 0 bridgehead atoms. The molecule has 4 heteroatoms. The Kier molecular flexibility index (Phi) is 4.66. The summed E-state index contributed by atoms with van der Waals surface area (Å²) in [7, 11) is 0. The molecule has 0 aliphatic heterocycles. The summed E-state index contributed by atoms with van der Waals surface area (Å²) in [6.07, 6.45) is 0.953. The van der Waals surface area contributed by atoms with Gasteiger partial charge in [0.15, 0.2) is 0 Å². The maximum Gasteiger partial charge on any atom is 0.222 e. The second-order valence-corrected chi connectivity index (χ2v) is 4.68. The number of hydrogen-bond acceptors (Lipinski definition) is 2. The molecule has 0 aliphatic carbocycles. The lowest BCUT2D eigenvalue weighted by Crippen LogP contribution is -2.30. The molecule has 0 saturated heterocycles. The summed E-state index contributed by atoms with van der Waals surface area (Å²) >= 11 is 0. The van der Waals surface area contributed by atoms with Crippen molar-refractivity contribution in [3.05, 3.63) is 41.8 Å². The van der Waals surface area contributed by atoms with Crippen LogP contribution in [0.5, 0.6) is 0 Å². The van der Waals surface area contributed by atoms with Crippen LogP contribution in [0.1, 0.15) is 26.0 Å². The van der Waals surface area contributed by atoms with Gasteiger partial charge in [0.25, 0.3) is 0 Å². The van der Waals surface area contributed by atoms with Crippen molar-refractivity contribution in [2.75, 3.05) is 13.1 Å². The molecule has 1 aromatic carbocycles. The highest BCUT2D eigenvalue weighted by molar-refractivity contribution is 5.79. The van der Waals surface area contributed by atoms with E-state index in [4.69, 9.17) is 0 Å². The first-order valence-corrected chi connectivity index (χ1v) is 6.97. The van der Waals surface area contributed by atoms with Gasteiger partial charge in [0, 0.05) is 30.6 Å². The zero-order valence-corrected chi connectivity index (χ0v) is 11.9. The lowest BCUT2D eigenvalue weighted by Gasteiger charge is -2.18. The first-order chi connectivity index (χ1) is 9.65. The normalized spacial score (nSPS) is 10.8. The van der Waals surface area contributed by atoms with E-state index in [0.29, 0.717) is 18.4 Å². The molecule has 0 atom stereocenters. The number of benzene rings is 1. The number of para-hydroxylation sites is 1. The molecule has 0 N–H and O–H groups in total. The SMILES string of the molecule is CCN(CC)C(=O)CCc1ccc2cccc(F)c2n1. The van der Waals surface area contributed by atoms with Crippen LogP contribution >= 0.6 is 0 Å². The second kappa shape index (κ2) is 6.46. The van der Waals surface area contributed by atoms with Crippen LogP contribution in [0.3, 0.4) is 0 Å². The van der Waals surface area contributed by atoms with E-state index in [2.05, 4.69) is 4.98 Å². The highest BCUT2D eigenvalue weighted by Crippen LogP contribution is 2.16. The van der Waals surface area contributed by atoms with E-state index in [1.165, 1.54) is 6.07 Å². The van der Waals surface area contributed by atoms with Crippen molar-refractivity contribution >= 4 is 16.8 Å². The first-order valence-electron chi connectivity index (χ1n) is 6.97. The lowest BCUT2D eigenvalue weighted by atomic mass is 10.1. The molecule has 1 aromatic heterocycles. The molecule has 0 unspecified atom stereocenters. The van der Waals surface area contributed by atoms with Crippen molar-refractivity contribution in [3.8, 4) is 0 Å². The molecule has 2 aromatic rings. The number of hydrogen-bond donors (Lipinski definition) is 0. The summed E-state index contributed by atoms with van der Waals surface area (Å²) in [6, 6.07) is 8.61. The monoisotopic (exact) mass is 274 g/mol. The molecular weight excluding hydrogens is 255 g/mol. The van der Waals surface area contributed by atoms with E-state index in [-0.39, 0.29) is 11.7 Å². The van der Waals surface area contributed by atoms with Crippen molar-refractivity contribution in [1.82, 2.24) is 9.88 Å². The molecule has 1 amide bonds. The van der Waals surface area contributed by atoms with E-state index in [9.17, 15) is 9.18 Å². The predicted octanol–water partition coefficient (Wildman–Crippen LogP) is 3.17. The van der Waals surface area contributed by atoms with Crippen molar-refractivity contribution in [2.24, 2.45) is 0 Å². The van der Waals surface area contributed by atoms with Crippen LogP contribution in [0, 0.1) is 5.82 Å². The van der Waals surface area contributed by atoms with Gasteiger partial charge in [0.2, 0.25) is 5.91 Å². The zero-order chi connectivity index (χ0) is 14.5. The second-order valence-electron chi connectivity index (χ2n) is 4.68. The Bertz CT molecular complexity index is 608. The van der Waals surface area contributed by atoms with Gasteiger partial charge in [-0.3, -0.25) is 4.79 Å². The standard InChI is InChI=1S/C16H19FN2O/c1-3-19(4-2)15(20)11-10-13-9-8-12-6-5-7-14(17)16(12)18-13/h5-9H,3-4,10-11H2,1-2H3. The molecule has 0 saturated carbocycles. The summed E-state index contributed by atoms with van der Waals surface area (Å²) in [6.45, 7) is 5.36. The third-order valence-electron chi connectivity index (χ3n) is 3.44. The molecule has 106 valence electrons. The number of halogens is 1. The van der Waals surface area contributed by atoms with Crippen LogP contribution in [-0.4, -0.2) is 28.9 Å². The minimum atomic E-state index is -0.320. The molecule has 20 heavy (non-hydrogen) atoms. The van der Waals surface area contributed by atoms with Crippen LogP contribution < -0.4 is 0 Å². The van der Waals surface area contributed by atoms with Gasteiger partial charge >= 0.3 is 0 Å². The van der Waals surface area contributed by atoms with Gasteiger partial charge in [-0.15, -0.1) is 0 Å². The number of fused-ring (bicyclic) bond motifs is 1. The molecular formula is C16H19FN2O.